The maximum atomic E-state index is 5.98. The minimum absolute atomic E-state index is 0.296. The Morgan fingerprint density at radius 1 is 1.25 bits per heavy atom. The second-order valence-electron chi connectivity index (χ2n) is 6.01. The fourth-order valence-electron chi connectivity index (χ4n) is 3.15. The summed E-state index contributed by atoms with van der Waals surface area (Å²) in [6.45, 7) is 4.32. The van der Waals surface area contributed by atoms with Gasteiger partial charge in [0.15, 0.2) is 0 Å². The Hall–Kier alpha value is -0.0800. The molecular formula is C14H28N2. The van der Waals surface area contributed by atoms with E-state index in [2.05, 4.69) is 12.2 Å². The molecule has 0 aromatic carbocycles. The summed E-state index contributed by atoms with van der Waals surface area (Å²) < 4.78 is 0. The van der Waals surface area contributed by atoms with Crippen molar-refractivity contribution in [1.29, 1.82) is 0 Å². The minimum atomic E-state index is 0.296. The first-order chi connectivity index (χ1) is 7.78. The van der Waals surface area contributed by atoms with E-state index in [1.165, 1.54) is 57.9 Å². The summed E-state index contributed by atoms with van der Waals surface area (Å²) in [6, 6.07) is 0. The van der Waals surface area contributed by atoms with E-state index in [1.54, 1.807) is 0 Å². The lowest BCUT2D eigenvalue weighted by atomic mass is 9.95. The second kappa shape index (κ2) is 5.50. The third-order valence-electron chi connectivity index (χ3n) is 4.66. The van der Waals surface area contributed by atoms with Crippen molar-refractivity contribution in [2.45, 2.75) is 63.8 Å². The molecule has 0 aliphatic heterocycles. The Bertz CT molecular complexity index is 213. The van der Waals surface area contributed by atoms with Crippen LogP contribution in [0.15, 0.2) is 0 Å². The first-order valence-corrected chi connectivity index (χ1v) is 7.23. The lowest BCUT2D eigenvalue weighted by Crippen LogP contribution is -2.49. The summed E-state index contributed by atoms with van der Waals surface area (Å²) >= 11 is 0. The van der Waals surface area contributed by atoms with E-state index < -0.39 is 0 Å². The Balaban J connectivity index is 1.67. The molecule has 2 unspecified atom stereocenters. The molecule has 2 aliphatic rings. The molecule has 2 nitrogen and oxygen atoms in total. The first-order valence-electron chi connectivity index (χ1n) is 7.23. The van der Waals surface area contributed by atoms with Crippen LogP contribution in [0.3, 0.4) is 0 Å². The van der Waals surface area contributed by atoms with Gasteiger partial charge in [-0.05, 0) is 50.5 Å². The number of rotatable bonds is 7. The molecule has 0 saturated heterocycles. The molecule has 2 fully saturated rings. The van der Waals surface area contributed by atoms with Gasteiger partial charge in [0.25, 0.3) is 0 Å². The summed E-state index contributed by atoms with van der Waals surface area (Å²) in [5.41, 5.74) is 6.27. The fraction of sp³-hybridized carbons (Fsp3) is 1.00. The SMILES string of the molecule is CCC1CCC(CN)(NCCCC2CC2)C1. The van der Waals surface area contributed by atoms with Crippen LogP contribution in [0.5, 0.6) is 0 Å². The molecule has 3 N–H and O–H groups in total. The van der Waals surface area contributed by atoms with Crippen LogP contribution in [0.25, 0.3) is 0 Å². The second-order valence-corrected chi connectivity index (χ2v) is 6.01. The van der Waals surface area contributed by atoms with Crippen molar-refractivity contribution in [2.75, 3.05) is 13.1 Å². The third kappa shape index (κ3) is 3.21. The summed E-state index contributed by atoms with van der Waals surface area (Å²) in [4.78, 5) is 0. The van der Waals surface area contributed by atoms with E-state index in [0.717, 1.165) is 18.4 Å². The standard InChI is InChI=1S/C14H28N2/c1-2-12-7-8-14(10-12,11-15)16-9-3-4-13-5-6-13/h12-13,16H,2-11,15H2,1H3. The highest BCUT2D eigenvalue weighted by atomic mass is 15.0. The molecule has 2 saturated carbocycles. The van der Waals surface area contributed by atoms with Gasteiger partial charge in [-0.3, -0.25) is 0 Å². The van der Waals surface area contributed by atoms with Gasteiger partial charge in [0.1, 0.15) is 0 Å². The van der Waals surface area contributed by atoms with Crippen molar-refractivity contribution in [3.63, 3.8) is 0 Å². The molecule has 0 amide bonds. The topological polar surface area (TPSA) is 38.0 Å². The maximum Gasteiger partial charge on any atom is 0.0306 e. The van der Waals surface area contributed by atoms with E-state index in [0.29, 0.717) is 5.54 Å². The normalized spacial score (nSPS) is 34.5. The van der Waals surface area contributed by atoms with Crippen LogP contribution in [0.1, 0.15) is 58.3 Å². The molecule has 0 aromatic heterocycles. The van der Waals surface area contributed by atoms with Gasteiger partial charge in [-0.2, -0.15) is 0 Å². The average molecular weight is 224 g/mol. The van der Waals surface area contributed by atoms with Crippen molar-refractivity contribution < 1.29 is 0 Å². The smallest absolute Gasteiger partial charge is 0.0306 e. The average Bonchev–Trinajstić information content (AvgIpc) is 3.05. The maximum absolute atomic E-state index is 5.98. The Kier molecular flexibility index (Phi) is 4.26. The highest BCUT2D eigenvalue weighted by molar-refractivity contribution is 4.96. The largest absolute Gasteiger partial charge is 0.329 e. The van der Waals surface area contributed by atoms with Gasteiger partial charge in [-0.15, -0.1) is 0 Å². The van der Waals surface area contributed by atoms with Crippen LogP contribution >= 0.6 is 0 Å². The molecule has 0 heterocycles. The monoisotopic (exact) mass is 224 g/mol. The van der Waals surface area contributed by atoms with Gasteiger partial charge < -0.3 is 11.1 Å². The van der Waals surface area contributed by atoms with Crippen LogP contribution in [-0.2, 0) is 0 Å². The third-order valence-corrected chi connectivity index (χ3v) is 4.66. The van der Waals surface area contributed by atoms with Gasteiger partial charge in [0.2, 0.25) is 0 Å². The van der Waals surface area contributed by atoms with Crippen molar-refractivity contribution in [1.82, 2.24) is 5.32 Å². The quantitative estimate of drug-likeness (QED) is 0.653. The number of hydrogen-bond donors (Lipinski definition) is 2. The van der Waals surface area contributed by atoms with Crippen molar-refractivity contribution in [2.24, 2.45) is 17.6 Å². The van der Waals surface area contributed by atoms with Crippen molar-refractivity contribution >= 4 is 0 Å². The Morgan fingerprint density at radius 2 is 2.06 bits per heavy atom. The highest BCUT2D eigenvalue weighted by Crippen LogP contribution is 2.36. The zero-order valence-electron chi connectivity index (χ0n) is 10.8. The number of nitrogens with two attached hydrogens (primary N) is 1. The van der Waals surface area contributed by atoms with Crippen LogP contribution in [-0.4, -0.2) is 18.6 Å². The van der Waals surface area contributed by atoms with E-state index >= 15 is 0 Å². The van der Waals surface area contributed by atoms with Crippen LogP contribution in [0.4, 0.5) is 0 Å². The number of hydrogen-bond acceptors (Lipinski definition) is 2. The molecule has 0 spiro atoms. The fourth-order valence-corrected chi connectivity index (χ4v) is 3.15. The predicted molar refractivity (Wildman–Crippen MR) is 69.4 cm³/mol. The summed E-state index contributed by atoms with van der Waals surface area (Å²) in [6.07, 6.45) is 11.1. The molecule has 2 atom stereocenters. The lowest BCUT2D eigenvalue weighted by molar-refractivity contribution is 0.322. The number of nitrogens with one attached hydrogen (secondary N) is 1. The Labute approximate surface area is 100 Å². The van der Waals surface area contributed by atoms with Crippen LogP contribution in [0, 0.1) is 11.8 Å². The zero-order chi connectivity index (χ0) is 11.4. The van der Waals surface area contributed by atoms with Gasteiger partial charge in [-0.25, -0.2) is 0 Å². The van der Waals surface area contributed by atoms with Gasteiger partial charge >= 0.3 is 0 Å². The lowest BCUT2D eigenvalue weighted by Gasteiger charge is -2.29. The van der Waals surface area contributed by atoms with E-state index in [4.69, 9.17) is 5.73 Å². The van der Waals surface area contributed by atoms with Gasteiger partial charge in [0.05, 0.1) is 0 Å². The molecule has 16 heavy (non-hydrogen) atoms. The van der Waals surface area contributed by atoms with E-state index in [-0.39, 0.29) is 0 Å². The molecule has 2 rings (SSSR count). The van der Waals surface area contributed by atoms with Gasteiger partial charge in [-0.1, -0.05) is 26.2 Å². The first kappa shape index (κ1) is 12.4. The molecule has 2 heteroatoms. The molecule has 94 valence electrons. The predicted octanol–water partition coefficient (Wildman–Crippen LogP) is 2.67. The van der Waals surface area contributed by atoms with Gasteiger partial charge in [0, 0.05) is 12.1 Å². The summed E-state index contributed by atoms with van der Waals surface area (Å²) in [5.74, 6) is 1.99. The molecule has 0 bridgehead atoms. The van der Waals surface area contributed by atoms with E-state index in [1.807, 2.05) is 0 Å². The molecule has 0 radical (unpaired) electrons. The van der Waals surface area contributed by atoms with Crippen molar-refractivity contribution in [3.05, 3.63) is 0 Å². The van der Waals surface area contributed by atoms with Crippen LogP contribution < -0.4 is 11.1 Å². The highest BCUT2D eigenvalue weighted by Gasteiger charge is 2.36. The van der Waals surface area contributed by atoms with Crippen LogP contribution in [0.2, 0.25) is 0 Å². The summed E-state index contributed by atoms with van der Waals surface area (Å²) in [7, 11) is 0. The van der Waals surface area contributed by atoms with E-state index in [9.17, 15) is 0 Å². The minimum Gasteiger partial charge on any atom is -0.329 e. The molecular weight excluding hydrogens is 196 g/mol. The molecule has 0 aromatic rings. The molecule has 2 aliphatic carbocycles. The Morgan fingerprint density at radius 3 is 2.62 bits per heavy atom. The summed E-state index contributed by atoms with van der Waals surface area (Å²) in [5, 5.41) is 3.77. The zero-order valence-corrected chi connectivity index (χ0v) is 10.8. The van der Waals surface area contributed by atoms with Crippen molar-refractivity contribution in [3.8, 4) is 0 Å².